The smallest absolute Gasteiger partial charge is 0.265 e. The Bertz CT molecular complexity index is 274. The van der Waals surface area contributed by atoms with Gasteiger partial charge in [0, 0.05) is 6.04 Å². The zero-order chi connectivity index (χ0) is 15.3. The van der Waals surface area contributed by atoms with Crippen LogP contribution in [-0.2, 0) is 10.1 Å². The van der Waals surface area contributed by atoms with Crippen LogP contribution in [0.2, 0.25) is 0 Å². The Morgan fingerprint density at radius 1 is 1.00 bits per heavy atom. The summed E-state index contributed by atoms with van der Waals surface area (Å²) in [5.41, 5.74) is 5.63. The van der Waals surface area contributed by atoms with Crippen LogP contribution in [0.4, 0.5) is 0 Å². The molecule has 0 aromatic rings. The largest absolute Gasteiger partial charge is 0.328 e. The third-order valence-electron chi connectivity index (χ3n) is 2.56. The van der Waals surface area contributed by atoms with E-state index in [0.29, 0.717) is 6.04 Å². The fraction of sp³-hybridized carbons (Fsp3) is 1.00. The van der Waals surface area contributed by atoms with E-state index >= 15 is 0 Å². The first-order valence-corrected chi connectivity index (χ1v) is 9.00. The average molecular weight is 295 g/mol. The van der Waals surface area contributed by atoms with E-state index in [0.717, 1.165) is 0 Å². The summed E-state index contributed by atoms with van der Waals surface area (Å²) < 4.78 is 28.2. The van der Waals surface area contributed by atoms with Gasteiger partial charge in [-0.1, -0.05) is 59.3 Å². The predicted octanol–water partition coefficient (Wildman–Crippen LogP) is 3.61. The third-order valence-corrected chi connectivity index (χ3v) is 3.64. The summed E-state index contributed by atoms with van der Waals surface area (Å²) in [7, 11) is -3.72. The van der Waals surface area contributed by atoms with E-state index in [-0.39, 0.29) is 11.7 Å². The van der Waals surface area contributed by atoms with Crippen molar-refractivity contribution in [3.05, 3.63) is 0 Å². The zero-order valence-electron chi connectivity index (χ0n) is 13.1. The maximum Gasteiger partial charge on any atom is 0.265 e. The molecule has 0 heterocycles. The van der Waals surface area contributed by atoms with E-state index in [2.05, 4.69) is 13.8 Å². The Kier molecular flexibility index (Phi) is 14.4. The Hall–Kier alpha value is -0.130. The van der Waals surface area contributed by atoms with Gasteiger partial charge in [-0.25, -0.2) is 0 Å². The molecule has 0 aliphatic rings. The van der Waals surface area contributed by atoms with Crippen LogP contribution < -0.4 is 5.73 Å². The number of hydrogen-bond acceptors (Lipinski definition) is 3. The minimum atomic E-state index is -3.72. The summed E-state index contributed by atoms with van der Waals surface area (Å²) in [6.07, 6.45) is 9.45. The lowest BCUT2D eigenvalue weighted by Crippen LogP contribution is -2.13. The van der Waals surface area contributed by atoms with Crippen molar-refractivity contribution in [1.29, 1.82) is 0 Å². The van der Waals surface area contributed by atoms with Crippen LogP contribution >= 0.6 is 0 Å². The second-order valence-electron chi connectivity index (χ2n) is 5.68. The van der Waals surface area contributed by atoms with Crippen LogP contribution in [0.5, 0.6) is 0 Å². The molecule has 0 aliphatic heterocycles. The van der Waals surface area contributed by atoms with E-state index in [1.165, 1.54) is 44.9 Å². The molecule has 5 heteroatoms. The molecule has 0 saturated heterocycles. The van der Waals surface area contributed by atoms with Crippen molar-refractivity contribution >= 4 is 10.1 Å². The quantitative estimate of drug-likeness (QED) is 0.503. The Balaban J connectivity index is 0. The highest BCUT2D eigenvalue weighted by Gasteiger charge is 2.06. The number of rotatable bonds is 9. The fourth-order valence-electron chi connectivity index (χ4n) is 1.67. The van der Waals surface area contributed by atoms with Gasteiger partial charge in [0.25, 0.3) is 10.1 Å². The Labute approximate surface area is 119 Å². The standard InChI is InChI=1S/C10H23N.C4H10O3S/c1-3-4-5-6-7-8-9-10(2)11;1-4(2)3-8(5,6)7/h10H,3-9,11H2,1-2H3;4H,3H2,1-2H3,(H,5,6,7). The van der Waals surface area contributed by atoms with Crippen LogP contribution in [-0.4, -0.2) is 24.8 Å². The molecule has 0 amide bonds. The van der Waals surface area contributed by atoms with Crippen LogP contribution in [0, 0.1) is 5.92 Å². The van der Waals surface area contributed by atoms with E-state index in [1.54, 1.807) is 13.8 Å². The predicted molar refractivity (Wildman–Crippen MR) is 82.9 cm³/mol. The molecule has 0 radical (unpaired) electrons. The molecule has 3 N–H and O–H groups in total. The van der Waals surface area contributed by atoms with Crippen LogP contribution in [0.3, 0.4) is 0 Å². The molecule has 0 aromatic heterocycles. The maximum atomic E-state index is 10.00. The SMILES string of the molecule is CC(C)CS(=O)(=O)O.CCCCCCCCC(C)N. The first kappa shape index (κ1) is 21.2. The van der Waals surface area contributed by atoms with Gasteiger partial charge in [-0.05, 0) is 19.3 Å². The van der Waals surface area contributed by atoms with E-state index in [1.807, 2.05) is 0 Å². The first-order valence-electron chi connectivity index (χ1n) is 7.39. The molecular weight excluding hydrogens is 262 g/mol. The van der Waals surface area contributed by atoms with Crippen molar-refractivity contribution in [3.63, 3.8) is 0 Å². The second kappa shape index (κ2) is 12.9. The molecule has 1 unspecified atom stereocenters. The van der Waals surface area contributed by atoms with Gasteiger partial charge >= 0.3 is 0 Å². The minimum Gasteiger partial charge on any atom is -0.328 e. The number of nitrogens with two attached hydrogens (primary N) is 1. The molecule has 0 aliphatic carbocycles. The lowest BCUT2D eigenvalue weighted by atomic mass is 10.1. The highest BCUT2D eigenvalue weighted by atomic mass is 32.2. The molecule has 0 aromatic carbocycles. The van der Waals surface area contributed by atoms with Gasteiger partial charge in [0.2, 0.25) is 0 Å². The summed E-state index contributed by atoms with van der Waals surface area (Å²) in [6, 6.07) is 0.404. The van der Waals surface area contributed by atoms with Crippen molar-refractivity contribution < 1.29 is 13.0 Å². The summed E-state index contributed by atoms with van der Waals surface area (Å²) >= 11 is 0. The van der Waals surface area contributed by atoms with Crippen LogP contribution in [0.15, 0.2) is 0 Å². The maximum absolute atomic E-state index is 10.00. The Morgan fingerprint density at radius 2 is 1.47 bits per heavy atom. The van der Waals surface area contributed by atoms with Gasteiger partial charge in [-0.3, -0.25) is 4.55 Å². The molecule has 0 rings (SSSR count). The summed E-state index contributed by atoms with van der Waals surface area (Å²) in [4.78, 5) is 0. The average Bonchev–Trinajstić information content (AvgIpc) is 2.20. The molecular formula is C14H33NO3S. The molecule has 0 spiro atoms. The molecule has 19 heavy (non-hydrogen) atoms. The third kappa shape index (κ3) is 27.2. The van der Waals surface area contributed by atoms with Crippen molar-refractivity contribution in [2.75, 3.05) is 5.75 Å². The molecule has 0 saturated carbocycles. The molecule has 1 atom stereocenters. The monoisotopic (exact) mass is 295 g/mol. The second-order valence-corrected chi connectivity index (χ2v) is 7.17. The number of hydrogen-bond donors (Lipinski definition) is 2. The highest BCUT2D eigenvalue weighted by Crippen LogP contribution is 2.07. The van der Waals surface area contributed by atoms with Gasteiger partial charge < -0.3 is 5.73 Å². The van der Waals surface area contributed by atoms with Crippen molar-refractivity contribution in [1.82, 2.24) is 0 Å². The van der Waals surface area contributed by atoms with Gasteiger partial charge in [-0.2, -0.15) is 8.42 Å². The number of unbranched alkanes of at least 4 members (excludes halogenated alkanes) is 5. The van der Waals surface area contributed by atoms with Gasteiger partial charge in [0.05, 0.1) is 5.75 Å². The lowest BCUT2D eigenvalue weighted by Gasteiger charge is -2.03. The zero-order valence-corrected chi connectivity index (χ0v) is 13.9. The van der Waals surface area contributed by atoms with Gasteiger partial charge in [-0.15, -0.1) is 0 Å². The molecule has 4 nitrogen and oxygen atoms in total. The molecule has 0 fully saturated rings. The molecule has 0 bridgehead atoms. The summed E-state index contributed by atoms with van der Waals surface area (Å²) in [5, 5.41) is 0. The van der Waals surface area contributed by atoms with Crippen molar-refractivity contribution in [3.8, 4) is 0 Å². The van der Waals surface area contributed by atoms with Crippen LogP contribution in [0.25, 0.3) is 0 Å². The normalized spacial score (nSPS) is 13.0. The van der Waals surface area contributed by atoms with Crippen LogP contribution in [0.1, 0.15) is 72.6 Å². The first-order chi connectivity index (χ1) is 8.69. The van der Waals surface area contributed by atoms with E-state index in [4.69, 9.17) is 10.3 Å². The van der Waals surface area contributed by atoms with Gasteiger partial charge in [0.15, 0.2) is 0 Å². The topological polar surface area (TPSA) is 80.4 Å². The van der Waals surface area contributed by atoms with E-state index in [9.17, 15) is 8.42 Å². The summed E-state index contributed by atoms with van der Waals surface area (Å²) in [5.74, 6) is -0.141. The molecule has 118 valence electrons. The Morgan fingerprint density at radius 3 is 1.79 bits per heavy atom. The summed E-state index contributed by atoms with van der Waals surface area (Å²) in [6.45, 7) is 7.80. The lowest BCUT2D eigenvalue weighted by molar-refractivity contribution is 0.473. The van der Waals surface area contributed by atoms with E-state index < -0.39 is 10.1 Å². The van der Waals surface area contributed by atoms with Crippen molar-refractivity contribution in [2.24, 2.45) is 11.7 Å². The highest BCUT2D eigenvalue weighted by molar-refractivity contribution is 7.85. The van der Waals surface area contributed by atoms with Crippen molar-refractivity contribution in [2.45, 2.75) is 78.7 Å². The minimum absolute atomic E-state index is 0.00463. The van der Waals surface area contributed by atoms with Gasteiger partial charge in [0.1, 0.15) is 0 Å². The fourth-order valence-corrected chi connectivity index (χ4v) is 2.51.